The number of benzene rings is 1. The molecule has 0 bridgehead atoms. The maximum atomic E-state index is 11.4. The van der Waals surface area contributed by atoms with Crippen molar-refractivity contribution < 1.29 is 14.6 Å². The second kappa shape index (κ2) is 6.78. The molecule has 0 fully saturated rings. The Labute approximate surface area is 116 Å². The zero-order valence-electron chi connectivity index (χ0n) is 9.85. The van der Waals surface area contributed by atoms with E-state index < -0.39 is 16.4 Å². The van der Waals surface area contributed by atoms with Crippen LogP contribution in [0.4, 0.5) is 0 Å². The molecule has 1 N–H and O–H groups in total. The highest BCUT2D eigenvalue weighted by molar-refractivity contribution is 6.58. The minimum absolute atomic E-state index is 0.148. The first-order chi connectivity index (χ1) is 8.48. The maximum Gasteiger partial charge on any atom is 0.345 e. The standard InChI is InChI=1S/C13H14Cl2O3/c1-2-18-12(17)13(14,15)11(16)9-8-10-6-4-3-5-7-10/h3-9,11,16H,2H2,1H3/b9-8+. The minimum Gasteiger partial charge on any atom is -0.464 e. The largest absolute Gasteiger partial charge is 0.464 e. The van der Waals surface area contributed by atoms with E-state index in [1.165, 1.54) is 6.08 Å². The van der Waals surface area contributed by atoms with Crippen molar-refractivity contribution in [1.29, 1.82) is 0 Å². The first-order valence-corrected chi connectivity index (χ1v) is 6.20. The van der Waals surface area contributed by atoms with Crippen LogP contribution >= 0.6 is 23.2 Å². The summed E-state index contributed by atoms with van der Waals surface area (Å²) in [5.41, 5.74) is 0.865. The third kappa shape index (κ3) is 4.02. The van der Waals surface area contributed by atoms with Crippen LogP contribution in [0.1, 0.15) is 12.5 Å². The van der Waals surface area contributed by atoms with Gasteiger partial charge in [0.1, 0.15) is 6.10 Å². The number of esters is 1. The highest BCUT2D eigenvalue weighted by Gasteiger charge is 2.41. The summed E-state index contributed by atoms with van der Waals surface area (Å²) in [6.07, 6.45) is 1.63. The van der Waals surface area contributed by atoms with Crippen molar-refractivity contribution in [2.45, 2.75) is 17.4 Å². The van der Waals surface area contributed by atoms with Gasteiger partial charge in [-0.25, -0.2) is 4.79 Å². The lowest BCUT2D eigenvalue weighted by molar-refractivity contribution is -0.145. The normalized spacial score (nSPS) is 13.6. The number of halogens is 2. The number of carbonyl (C=O) groups excluding carboxylic acids is 1. The van der Waals surface area contributed by atoms with Gasteiger partial charge in [0, 0.05) is 0 Å². The van der Waals surface area contributed by atoms with Gasteiger partial charge in [0.2, 0.25) is 4.33 Å². The summed E-state index contributed by atoms with van der Waals surface area (Å²) in [6, 6.07) is 9.27. The minimum atomic E-state index is -2.00. The molecule has 1 aromatic rings. The zero-order chi connectivity index (χ0) is 13.6. The summed E-state index contributed by atoms with van der Waals surface area (Å²) in [5, 5.41) is 9.78. The molecule has 0 aromatic heterocycles. The van der Waals surface area contributed by atoms with E-state index in [0.717, 1.165) is 5.56 Å². The third-order valence-corrected chi connectivity index (χ3v) is 2.95. The molecule has 0 saturated heterocycles. The predicted octanol–water partition coefficient (Wildman–Crippen LogP) is 2.80. The number of hydrogen-bond acceptors (Lipinski definition) is 3. The first kappa shape index (κ1) is 15.0. The molecule has 0 aliphatic rings. The molecule has 1 atom stereocenters. The van der Waals surface area contributed by atoms with Gasteiger partial charge in [-0.1, -0.05) is 65.7 Å². The third-order valence-electron chi connectivity index (χ3n) is 2.19. The first-order valence-electron chi connectivity index (χ1n) is 5.44. The molecule has 1 unspecified atom stereocenters. The summed E-state index contributed by atoms with van der Waals surface area (Å²) in [4.78, 5) is 11.4. The molecular formula is C13H14Cl2O3. The molecule has 0 radical (unpaired) electrons. The van der Waals surface area contributed by atoms with E-state index in [1.807, 2.05) is 30.3 Å². The van der Waals surface area contributed by atoms with Gasteiger partial charge in [-0.3, -0.25) is 0 Å². The van der Waals surface area contributed by atoms with Crippen molar-refractivity contribution in [3.63, 3.8) is 0 Å². The van der Waals surface area contributed by atoms with E-state index in [0.29, 0.717) is 0 Å². The Balaban J connectivity index is 2.72. The molecule has 3 nitrogen and oxygen atoms in total. The Kier molecular flexibility index (Phi) is 5.66. The molecule has 0 aliphatic heterocycles. The van der Waals surface area contributed by atoms with Crippen molar-refractivity contribution in [1.82, 2.24) is 0 Å². The van der Waals surface area contributed by atoms with Crippen LogP contribution in [-0.2, 0) is 9.53 Å². The summed E-state index contributed by atoms with van der Waals surface area (Å²) in [6.45, 7) is 1.78. The molecule has 0 aliphatic carbocycles. The van der Waals surface area contributed by atoms with Gasteiger partial charge in [-0.2, -0.15) is 0 Å². The van der Waals surface area contributed by atoms with Gasteiger partial charge in [0.05, 0.1) is 6.61 Å². The molecule has 5 heteroatoms. The molecule has 0 spiro atoms. The number of aliphatic hydroxyl groups excluding tert-OH is 1. The molecule has 0 heterocycles. The molecular weight excluding hydrogens is 275 g/mol. The fourth-order valence-corrected chi connectivity index (χ4v) is 1.49. The van der Waals surface area contributed by atoms with Crippen molar-refractivity contribution in [2.24, 2.45) is 0 Å². The van der Waals surface area contributed by atoms with Crippen LogP contribution in [0, 0.1) is 0 Å². The lowest BCUT2D eigenvalue weighted by Gasteiger charge is -2.20. The average Bonchev–Trinajstić information content (AvgIpc) is 2.37. The van der Waals surface area contributed by atoms with E-state index in [9.17, 15) is 9.90 Å². The molecule has 1 aromatic carbocycles. The van der Waals surface area contributed by atoms with Gasteiger partial charge < -0.3 is 9.84 Å². The fourth-order valence-electron chi connectivity index (χ4n) is 1.24. The van der Waals surface area contributed by atoms with Gasteiger partial charge in [-0.05, 0) is 12.5 Å². The van der Waals surface area contributed by atoms with E-state index >= 15 is 0 Å². The van der Waals surface area contributed by atoms with Gasteiger partial charge in [0.25, 0.3) is 0 Å². The van der Waals surface area contributed by atoms with Crippen LogP contribution in [0.5, 0.6) is 0 Å². The van der Waals surface area contributed by atoms with Gasteiger partial charge in [0.15, 0.2) is 0 Å². The van der Waals surface area contributed by atoms with Crippen LogP contribution < -0.4 is 0 Å². The maximum absolute atomic E-state index is 11.4. The highest BCUT2D eigenvalue weighted by Crippen LogP contribution is 2.28. The summed E-state index contributed by atoms with van der Waals surface area (Å²) in [7, 11) is 0. The lowest BCUT2D eigenvalue weighted by Crippen LogP contribution is -2.39. The fraction of sp³-hybridized carbons (Fsp3) is 0.308. The molecule has 1 rings (SSSR count). The van der Waals surface area contributed by atoms with E-state index in [2.05, 4.69) is 4.74 Å². The monoisotopic (exact) mass is 288 g/mol. The number of aliphatic hydroxyl groups is 1. The van der Waals surface area contributed by atoms with Crippen LogP contribution in [0.15, 0.2) is 36.4 Å². The number of ether oxygens (including phenoxy) is 1. The topological polar surface area (TPSA) is 46.5 Å². The zero-order valence-corrected chi connectivity index (χ0v) is 11.4. The number of alkyl halides is 2. The number of rotatable bonds is 5. The van der Waals surface area contributed by atoms with E-state index in [-0.39, 0.29) is 6.61 Å². The average molecular weight is 289 g/mol. The Hall–Kier alpha value is -1.03. The molecule has 98 valence electrons. The Morgan fingerprint density at radius 2 is 2.06 bits per heavy atom. The van der Waals surface area contributed by atoms with Crippen molar-refractivity contribution in [3.8, 4) is 0 Å². The van der Waals surface area contributed by atoms with E-state index in [4.69, 9.17) is 23.2 Å². The Bertz CT molecular complexity index is 416. The summed E-state index contributed by atoms with van der Waals surface area (Å²) < 4.78 is 2.68. The smallest absolute Gasteiger partial charge is 0.345 e. The summed E-state index contributed by atoms with van der Waals surface area (Å²) in [5.74, 6) is -0.862. The quantitative estimate of drug-likeness (QED) is 0.669. The second-order valence-corrected chi connectivity index (χ2v) is 4.94. The van der Waals surface area contributed by atoms with Crippen LogP contribution in [0.25, 0.3) is 6.08 Å². The van der Waals surface area contributed by atoms with Crippen LogP contribution in [-0.4, -0.2) is 28.1 Å². The van der Waals surface area contributed by atoms with Crippen LogP contribution in [0.2, 0.25) is 0 Å². The van der Waals surface area contributed by atoms with Crippen molar-refractivity contribution in [2.75, 3.05) is 6.61 Å². The second-order valence-electron chi connectivity index (χ2n) is 3.56. The number of hydrogen-bond donors (Lipinski definition) is 1. The Morgan fingerprint density at radius 1 is 1.44 bits per heavy atom. The number of carbonyl (C=O) groups is 1. The van der Waals surface area contributed by atoms with Gasteiger partial charge in [-0.15, -0.1) is 0 Å². The lowest BCUT2D eigenvalue weighted by atomic mass is 10.1. The van der Waals surface area contributed by atoms with E-state index in [1.54, 1.807) is 13.0 Å². The van der Waals surface area contributed by atoms with Crippen LogP contribution in [0.3, 0.4) is 0 Å². The van der Waals surface area contributed by atoms with Crippen molar-refractivity contribution >= 4 is 35.2 Å². The SMILES string of the molecule is CCOC(=O)C(Cl)(Cl)C(O)/C=C/c1ccccc1. The predicted molar refractivity (Wildman–Crippen MR) is 72.6 cm³/mol. The Morgan fingerprint density at radius 3 is 2.61 bits per heavy atom. The van der Waals surface area contributed by atoms with Gasteiger partial charge >= 0.3 is 5.97 Å². The molecule has 18 heavy (non-hydrogen) atoms. The molecule has 0 saturated carbocycles. The molecule has 0 amide bonds. The highest BCUT2D eigenvalue weighted by atomic mass is 35.5. The van der Waals surface area contributed by atoms with Crippen molar-refractivity contribution in [3.05, 3.63) is 42.0 Å². The summed E-state index contributed by atoms with van der Waals surface area (Å²) >= 11 is 11.5.